The molecule has 1 saturated heterocycles. The summed E-state index contributed by atoms with van der Waals surface area (Å²) in [7, 11) is 2.04. The summed E-state index contributed by atoms with van der Waals surface area (Å²) in [6, 6.07) is 10.5. The molecule has 1 heterocycles. The van der Waals surface area contributed by atoms with Crippen molar-refractivity contribution >= 4 is 5.71 Å². The van der Waals surface area contributed by atoms with Crippen LogP contribution in [0, 0.1) is 0 Å². The predicted octanol–water partition coefficient (Wildman–Crippen LogP) is 1.61. The largest absolute Gasteiger partial charge is 0.411 e. The molecule has 0 aromatic heterocycles. The third-order valence-corrected chi connectivity index (χ3v) is 3.20. The van der Waals surface area contributed by atoms with Gasteiger partial charge in [0.25, 0.3) is 0 Å². The van der Waals surface area contributed by atoms with Crippen molar-refractivity contribution in [1.29, 1.82) is 0 Å². The second kappa shape index (κ2) is 5.80. The van der Waals surface area contributed by atoms with Crippen LogP contribution in [-0.4, -0.2) is 47.6 Å². The molecule has 4 nitrogen and oxygen atoms in total. The Bertz CT molecular complexity index is 378. The summed E-state index contributed by atoms with van der Waals surface area (Å²) in [5.74, 6) is 0. The van der Waals surface area contributed by atoms with Crippen LogP contribution in [0.2, 0.25) is 0 Å². The van der Waals surface area contributed by atoms with Gasteiger partial charge in [-0.25, -0.2) is 10.0 Å². The lowest BCUT2D eigenvalue weighted by Gasteiger charge is -2.36. The highest BCUT2D eigenvalue weighted by molar-refractivity contribution is 5.86. The Morgan fingerprint density at radius 1 is 1.29 bits per heavy atom. The SMILES string of the molecule is CN1CC(=NO)CCN1CCc1ccccc1. The van der Waals surface area contributed by atoms with Gasteiger partial charge in [-0.3, -0.25) is 0 Å². The molecule has 1 aromatic carbocycles. The zero-order valence-electron chi connectivity index (χ0n) is 10.2. The van der Waals surface area contributed by atoms with E-state index in [4.69, 9.17) is 5.21 Å². The molecule has 2 rings (SSSR count). The molecule has 17 heavy (non-hydrogen) atoms. The van der Waals surface area contributed by atoms with Gasteiger partial charge in [-0.15, -0.1) is 0 Å². The molecule has 0 radical (unpaired) electrons. The van der Waals surface area contributed by atoms with E-state index in [9.17, 15) is 0 Å². The Kier molecular flexibility index (Phi) is 4.12. The van der Waals surface area contributed by atoms with Crippen molar-refractivity contribution in [2.45, 2.75) is 12.8 Å². The highest BCUT2D eigenvalue weighted by atomic mass is 16.4. The lowest BCUT2D eigenvalue weighted by atomic mass is 10.1. The lowest BCUT2D eigenvalue weighted by Crippen LogP contribution is -2.49. The van der Waals surface area contributed by atoms with Gasteiger partial charge in [0.15, 0.2) is 0 Å². The average molecular weight is 233 g/mol. The van der Waals surface area contributed by atoms with Crippen LogP contribution in [0.3, 0.4) is 0 Å². The predicted molar refractivity (Wildman–Crippen MR) is 68.2 cm³/mol. The van der Waals surface area contributed by atoms with E-state index in [-0.39, 0.29) is 0 Å². The topological polar surface area (TPSA) is 39.1 Å². The normalized spacial score (nSPS) is 20.9. The van der Waals surface area contributed by atoms with Gasteiger partial charge < -0.3 is 5.21 Å². The maximum absolute atomic E-state index is 8.75. The second-order valence-electron chi connectivity index (χ2n) is 4.42. The number of hydrogen-bond donors (Lipinski definition) is 1. The minimum atomic E-state index is 0.727. The first-order valence-electron chi connectivity index (χ1n) is 5.99. The van der Waals surface area contributed by atoms with Gasteiger partial charge in [-0.1, -0.05) is 35.5 Å². The molecule has 0 spiro atoms. The molecule has 92 valence electrons. The van der Waals surface area contributed by atoms with Crippen molar-refractivity contribution in [3.8, 4) is 0 Å². The molecule has 0 atom stereocenters. The molecule has 1 N–H and O–H groups in total. The van der Waals surface area contributed by atoms with Crippen molar-refractivity contribution in [3.63, 3.8) is 0 Å². The minimum absolute atomic E-state index is 0.727. The van der Waals surface area contributed by atoms with Crippen molar-refractivity contribution in [2.24, 2.45) is 5.16 Å². The summed E-state index contributed by atoms with van der Waals surface area (Å²) in [6.45, 7) is 2.67. The minimum Gasteiger partial charge on any atom is -0.411 e. The Balaban J connectivity index is 1.84. The van der Waals surface area contributed by atoms with E-state index in [0.29, 0.717) is 0 Å². The van der Waals surface area contributed by atoms with Gasteiger partial charge in [-0.2, -0.15) is 0 Å². The van der Waals surface area contributed by atoms with Crippen LogP contribution < -0.4 is 0 Å². The van der Waals surface area contributed by atoms with Crippen molar-refractivity contribution in [2.75, 3.05) is 26.7 Å². The van der Waals surface area contributed by atoms with Gasteiger partial charge in [0.1, 0.15) is 0 Å². The third kappa shape index (κ3) is 3.28. The molecule has 1 aromatic rings. The fraction of sp³-hybridized carbons (Fsp3) is 0.462. The monoisotopic (exact) mass is 233 g/mol. The van der Waals surface area contributed by atoms with Crippen LogP contribution in [0.1, 0.15) is 12.0 Å². The highest BCUT2D eigenvalue weighted by Crippen LogP contribution is 2.09. The standard InChI is InChI=1S/C13H19N3O/c1-15-11-13(14-17)8-10-16(15)9-7-12-5-3-2-4-6-12/h2-6,17H,7-11H2,1H3. The van der Waals surface area contributed by atoms with Crippen molar-refractivity contribution in [3.05, 3.63) is 35.9 Å². The molecule has 0 aliphatic carbocycles. The first-order valence-corrected chi connectivity index (χ1v) is 5.99. The van der Waals surface area contributed by atoms with Crippen molar-refractivity contribution in [1.82, 2.24) is 10.0 Å². The van der Waals surface area contributed by atoms with E-state index in [1.165, 1.54) is 5.56 Å². The maximum Gasteiger partial charge on any atom is 0.0738 e. The van der Waals surface area contributed by atoms with E-state index in [1.54, 1.807) is 0 Å². The number of hydrazine groups is 1. The number of oxime groups is 1. The smallest absolute Gasteiger partial charge is 0.0738 e. The van der Waals surface area contributed by atoms with Crippen LogP contribution in [0.25, 0.3) is 0 Å². The van der Waals surface area contributed by atoms with E-state index >= 15 is 0 Å². The number of hydrogen-bond acceptors (Lipinski definition) is 4. The molecule has 0 saturated carbocycles. The molecule has 0 bridgehead atoms. The quantitative estimate of drug-likeness (QED) is 0.637. The molecule has 0 amide bonds. The lowest BCUT2D eigenvalue weighted by molar-refractivity contribution is 0.00526. The average Bonchev–Trinajstić information content (AvgIpc) is 2.38. The zero-order chi connectivity index (χ0) is 12.1. The van der Waals surface area contributed by atoms with Gasteiger partial charge in [0.05, 0.1) is 12.3 Å². The molecule has 4 heteroatoms. The molecule has 1 aliphatic rings. The summed E-state index contributed by atoms with van der Waals surface area (Å²) in [6.07, 6.45) is 1.91. The molecule has 0 unspecified atom stereocenters. The van der Waals surface area contributed by atoms with Crippen LogP contribution in [0.5, 0.6) is 0 Å². The van der Waals surface area contributed by atoms with E-state index in [2.05, 4.69) is 39.4 Å². The van der Waals surface area contributed by atoms with Gasteiger partial charge in [0.2, 0.25) is 0 Å². The fourth-order valence-corrected chi connectivity index (χ4v) is 2.14. The fourth-order valence-electron chi connectivity index (χ4n) is 2.14. The van der Waals surface area contributed by atoms with E-state index in [1.807, 2.05) is 13.1 Å². The van der Waals surface area contributed by atoms with Crippen LogP contribution >= 0.6 is 0 Å². The highest BCUT2D eigenvalue weighted by Gasteiger charge is 2.19. The third-order valence-electron chi connectivity index (χ3n) is 3.20. The first-order chi connectivity index (χ1) is 8.29. The van der Waals surface area contributed by atoms with Crippen LogP contribution in [0.4, 0.5) is 0 Å². The second-order valence-corrected chi connectivity index (χ2v) is 4.42. The van der Waals surface area contributed by atoms with Crippen LogP contribution in [-0.2, 0) is 6.42 Å². The summed E-state index contributed by atoms with van der Waals surface area (Å²) < 4.78 is 0. The molecule has 1 fully saturated rings. The number of benzene rings is 1. The number of rotatable bonds is 3. The maximum atomic E-state index is 8.75. The Labute approximate surface area is 102 Å². The van der Waals surface area contributed by atoms with Gasteiger partial charge in [-0.05, 0) is 12.0 Å². The summed E-state index contributed by atoms with van der Waals surface area (Å²) >= 11 is 0. The van der Waals surface area contributed by atoms with E-state index < -0.39 is 0 Å². The van der Waals surface area contributed by atoms with Gasteiger partial charge in [0, 0.05) is 26.6 Å². The Morgan fingerprint density at radius 2 is 2.06 bits per heavy atom. The summed E-state index contributed by atoms with van der Waals surface area (Å²) in [4.78, 5) is 0. The Morgan fingerprint density at radius 3 is 2.71 bits per heavy atom. The van der Waals surface area contributed by atoms with E-state index in [0.717, 1.165) is 38.2 Å². The summed E-state index contributed by atoms with van der Waals surface area (Å²) in [5, 5.41) is 16.5. The van der Waals surface area contributed by atoms with Crippen LogP contribution in [0.15, 0.2) is 35.5 Å². The Hall–Kier alpha value is -1.39. The van der Waals surface area contributed by atoms with Crippen molar-refractivity contribution < 1.29 is 5.21 Å². The summed E-state index contributed by atoms with van der Waals surface area (Å²) in [5.41, 5.74) is 2.23. The first kappa shape index (κ1) is 12.1. The molecular weight excluding hydrogens is 214 g/mol. The zero-order valence-corrected chi connectivity index (χ0v) is 10.2. The molecular formula is C13H19N3O. The number of nitrogens with zero attached hydrogens (tertiary/aromatic N) is 3. The molecule has 1 aliphatic heterocycles. The van der Waals surface area contributed by atoms with Gasteiger partial charge >= 0.3 is 0 Å².